The van der Waals surface area contributed by atoms with Gasteiger partial charge in [0.25, 0.3) is 0 Å². The fourth-order valence-electron chi connectivity index (χ4n) is 8.19. The first kappa shape index (κ1) is 67.0. The molecule has 1 amide bonds. The molecule has 0 aromatic rings. The number of esters is 1. The second-order valence-corrected chi connectivity index (χ2v) is 22.3. The molecule has 0 heterocycles. The molecule has 3 atom stereocenters. The summed E-state index contributed by atoms with van der Waals surface area (Å²) in [6.45, 7) is 6.95. The van der Waals surface area contributed by atoms with Gasteiger partial charge in [-0.1, -0.05) is 217 Å². The highest BCUT2D eigenvalue weighted by Gasteiger charge is 2.30. The number of allylic oxidation sites excluding steroid dienone is 7. The fraction of sp³-hybridized carbons (Fsp3) is 0.831. The molecule has 0 saturated carbocycles. The van der Waals surface area contributed by atoms with Crippen molar-refractivity contribution in [3.8, 4) is 0 Å². The Balaban J connectivity index is 5.30. The number of rotatable bonds is 52. The number of unbranched alkanes of at least 4 members (excludes halogenated alkanes) is 30. The average Bonchev–Trinajstić information content (AvgIpc) is 3.31. The molecule has 0 radical (unpaired) electrons. The Morgan fingerprint density at radius 3 is 1.39 bits per heavy atom. The first-order valence-corrected chi connectivity index (χ1v) is 30.5. The summed E-state index contributed by atoms with van der Waals surface area (Å²) in [7, 11) is 1.49. The van der Waals surface area contributed by atoms with Crippen LogP contribution in [0.15, 0.2) is 48.6 Å². The van der Waals surface area contributed by atoms with Crippen LogP contribution in [0, 0.1) is 0 Å². The van der Waals surface area contributed by atoms with Gasteiger partial charge in [-0.2, -0.15) is 0 Å². The predicted molar refractivity (Wildman–Crippen MR) is 295 cm³/mol. The maximum Gasteiger partial charge on any atom is 0.472 e. The number of phosphoric acid groups is 1. The van der Waals surface area contributed by atoms with Crippen molar-refractivity contribution in [3.63, 3.8) is 0 Å². The lowest BCUT2D eigenvalue weighted by atomic mass is 10.0. The second kappa shape index (κ2) is 49.5. The average molecular weight is 993 g/mol. The zero-order valence-electron chi connectivity index (χ0n) is 46.1. The molecular formula is C59H112N2O7P+. The van der Waals surface area contributed by atoms with Crippen LogP contribution < -0.4 is 5.32 Å². The van der Waals surface area contributed by atoms with Crippen molar-refractivity contribution in [2.24, 2.45) is 0 Å². The topological polar surface area (TPSA) is 111 Å². The van der Waals surface area contributed by atoms with E-state index in [0.717, 1.165) is 89.9 Å². The molecule has 9 nitrogen and oxygen atoms in total. The van der Waals surface area contributed by atoms with E-state index in [0.29, 0.717) is 17.4 Å². The number of hydrogen-bond donors (Lipinski definition) is 2. The summed E-state index contributed by atoms with van der Waals surface area (Å²) in [6, 6.07) is -0.851. The van der Waals surface area contributed by atoms with E-state index >= 15 is 0 Å². The molecule has 404 valence electrons. The van der Waals surface area contributed by atoms with Crippen LogP contribution in [0.2, 0.25) is 0 Å². The van der Waals surface area contributed by atoms with Crippen molar-refractivity contribution < 1.29 is 37.3 Å². The third-order valence-electron chi connectivity index (χ3n) is 12.7. The van der Waals surface area contributed by atoms with Gasteiger partial charge in [-0.05, 0) is 83.1 Å². The van der Waals surface area contributed by atoms with Crippen molar-refractivity contribution in [2.75, 3.05) is 40.9 Å². The van der Waals surface area contributed by atoms with E-state index in [1.54, 1.807) is 0 Å². The van der Waals surface area contributed by atoms with Gasteiger partial charge in [-0.25, -0.2) is 4.57 Å². The van der Waals surface area contributed by atoms with Gasteiger partial charge in [0.2, 0.25) is 5.91 Å². The summed E-state index contributed by atoms with van der Waals surface area (Å²) in [5.41, 5.74) is 0. The molecule has 0 saturated heterocycles. The highest BCUT2D eigenvalue weighted by molar-refractivity contribution is 7.47. The predicted octanol–water partition coefficient (Wildman–Crippen LogP) is 17.3. The van der Waals surface area contributed by atoms with E-state index < -0.39 is 20.0 Å². The molecule has 0 rings (SSSR count). The van der Waals surface area contributed by atoms with Gasteiger partial charge in [0.05, 0.1) is 33.8 Å². The Morgan fingerprint density at radius 1 is 0.507 bits per heavy atom. The minimum Gasteiger partial charge on any atom is -0.456 e. The number of carbonyl (C=O) groups excluding carboxylic acids is 2. The second-order valence-electron chi connectivity index (χ2n) is 20.8. The Labute approximate surface area is 427 Å². The maximum atomic E-state index is 13.5. The summed E-state index contributed by atoms with van der Waals surface area (Å²) in [4.78, 5) is 37.5. The lowest BCUT2D eigenvalue weighted by molar-refractivity contribution is -0.870. The lowest BCUT2D eigenvalue weighted by Gasteiger charge is -2.27. The molecule has 0 aromatic heterocycles. The number of quaternary nitrogens is 1. The van der Waals surface area contributed by atoms with Crippen molar-refractivity contribution in [2.45, 2.75) is 277 Å². The molecule has 0 spiro atoms. The number of nitrogens with zero attached hydrogens (tertiary/aromatic N) is 1. The van der Waals surface area contributed by atoms with Crippen molar-refractivity contribution >= 4 is 19.7 Å². The van der Waals surface area contributed by atoms with Crippen LogP contribution in [0.3, 0.4) is 0 Å². The van der Waals surface area contributed by atoms with E-state index in [2.05, 4.69) is 62.5 Å². The highest BCUT2D eigenvalue weighted by atomic mass is 31.2. The quantitative estimate of drug-likeness (QED) is 0.0205. The Hall–Kier alpha value is -2.03. The van der Waals surface area contributed by atoms with Crippen LogP contribution in [0.25, 0.3) is 0 Å². The molecule has 0 aromatic carbocycles. The summed E-state index contributed by atoms with van der Waals surface area (Å²) in [6.07, 6.45) is 59.6. The Bertz CT molecular complexity index is 1330. The molecule has 0 aliphatic carbocycles. The number of carbonyl (C=O) groups is 2. The van der Waals surface area contributed by atoms with Crippen molar-refractivity contribution in [3.05, 3.63) is 48.6 Å². The van der Waals surface area contributed by atoms with Gasteiger partial charge in [-0.15, -0.1) is 0 Å². The zero-order valence-corrected chi connectivity index (χ0v) is 47.0. The largest absolute Gasteiger partial charge is 0.472 e. The number of phosphoric ester groups is 1. The molecule has 3 unspecified atom stereocenters. The normalized spacial score (nSPS) is 14.1. The van der Waals surface area contributed by atoms with E-state index in [1.165, 1.54) is 141 Å². The van der Waals surface area contributed by atoms with Crippen LogP contribution in [-0.2, 0) is 27.9 Å². The van der Waals surface area contributed by atoms with E-state index in [4.69, 9.17) is 13.8 Å². The zero-order chi connectivity index (χ0) is 50.8. The van der Waals surface area contributed by atoms with Crippen LogP contribution in [0.1, 0.15) is 265 Å². The van der Waals surface area contributed by atoms with Crippen LogP contribution in [0.4, 0.5) is 0 Å². The Morgan fingerprint density at radius 2 is 0.899 bits per heavy atom. The summed E-state index contributed by atoms with van der Waals surface area (Å²) >= 11 is 0. The number of nitrogens with one attached hydrogen (secondary N) is 1. The van der Waals surface area contributed by atoms with Crippen LogP contribution in [0.5, 0.6) is 0 Å². The molecule has 2 N–H and O–H groups in total. The minimum absolute atomic E-state index is 0.0381. The van der Waals surface area contributed by atoms with Crippen molar-refractivity contribution in [1.29, 1.82) is 0 Å². The smallest absolute Gasteiger partial charge is 0.456 e. The van der Waals surface area contributed by atoms with Gasteiger partial charge < -0.3 is 19.4 Å². The molecule has 10 heteroatoms. The summed E-state index contributed by atoms with van der Waals surface area (Å²) in [5.74, 6) is -0.517. The molecule has 0 fully saturated rings. The number of likely N-dealkylation sites (N-methyl/N-ethyl adjacent to an activating group) is 1. The monoisotopic (exact) mass is 992 g/mol. The third-order valence-corrected chi connectivity index (χ3v) is 13.7. The van der Waals surface area contributed by atoms with Crippen LogP contribution in [-0.4, -0.2) is 74.3 Å². The standard InChI is InChI=1S/C59H111N2O7P/c1-7-10-13-16-19-22-25-27-28-29-30-31-32-34-37-39-42-45-48-51-58(62)60-56(55-67-69(64,65)66-54-53-61(4,5)6)57(50-47-44-41-38-36-33-26-23-20-17-14-11-8-2)68-59(63)52-49-46-43-40-35-24-21-18-15-12-9-3/h18-19,21-22,27-28,47,50,56-57H,7-17,20,23-26,29-46,48-49,51-55H2,1-6H3,(H-,60,62,64,65)/p+1/b21-18-,22-19-,28-27-,50-47+. The van der Waals surface area contributed by atoms with Gasteiger partial charge >= 0.3 is 13.8 Å². The van der Waals surface area contributed by atoms with E-state index in [-0.39, 0.29) is 31.5 Å². The first-order valence-electron chi connectivity index (χ1n) is 29.0. The summed E-state index contributed by atoms with van der Waals surface area (Å²) < 4.78 is 30.6. The number of ether oxygens (including phenoxy) is 1. The molecule has 69 heavy (non-hydrogen) atoms. The lowest BCUT2D eigenvalue weighted by Crippen LogP contribution is -2.47. The third kappa shape index (κ3) is 50.7. The van der Waals surface area contributed by atoms with Gasteiger partial charge in [0.1, 0.15) is 19.3 Å². The first-order chi connectivity index (χ1) is 33.4. The van der Waals surface area contributed by atoms with Gasteiger partial charge in [-0.3, -0.25) is 18.6 Å². The SMILES string of the molecule is CCCC/C=C\CCCCCCCC(=O)OC(/C=C/CCCCCCCCCCCCC)C(COP(=O)(O)OCC[N+](C)(C)C)NC(=O)CCCCCCCCCCC/C=C\C/C=C\CCCCC. The maximum absolute atomic E-state index is 13.5. The highest BCUT2D eigenvalue weighted by Crippen LogP contribution is 2.43. The number of hydrogen-bond acceptors (Lipinski definition) is 6. The fourth-order valence-corrected chi connectivity index (χ4v) is 8.92. The Kier molecular flexibility index (Phi) is 48.1. The molecular weight excluding hydrogens is 880 g/mol. The van der Waals surface area contributed by atoms with Crippen LogP contribution >= 0.6 is 7.82 Å². The molecule has 0 aliphatic rings. The van der Waals surface area contributed by atoms with Gasteiger partial charge in [0, 0.05) is 12.8 Å². The summed E-state index contributed by atoms with van der Waals surface area (Å²) in [5, 5.41) is 3.05. The minimum atomic E-state index is -4.44. The van der Waals surface area contributed by atoms with Crippen molar-refractivity contribution in [1.82, 2.24) is 5.32 Å². The van der Waals surface area contributed by atoms with Gasteiger partial charge in [0.15, 0.2) is 0 Å². The van der Waals surface area contributed by atoms with E-state index in [9.17, 15) is 19.0 Å². The molecule has 0 aliphatic heterocycles. The number of amides is 1. The van der Waals surface area contributed by atoms with E-state index in [1.807, 2.05) is 33.3 Å². The molecule has 0 bridgehead atoms.